The highest BCUT2D eigenvalue weighted by Gasteiger charge is 1.95. The molecule has 9 heavy (non-hydrogen) atoms. The van der Waals surface area contributed by atoms with Gasteiger partial charge in [-0.05, 0) is 9.97 Å². The van der Waals surface area contributed by atoms with Crippen molar-refractivity contribution < 1.29 is 8.42 Å². The Morgan fingerprint density at radius 1 is 1.00 bits per heavy atom. The van der Waals surface area contributed by atoms with Crippen molar-refractivity contribution >= 4 is 41.7 Å². The molecule has 0 bridgehead atoms. The van der Waals surface area contributed by atoms with Gasteiger partial charge in [0.25, 0.3) is 0 Å². The van der Waals surface area contributed by atoms with E-state index in [1.807, 2.05) is 0 Å². The molecule has 0 radical (unpaired) electrons. The van der Waals surface area contributed by atoms with Gasteiger partial charge in [0.1, 0.15) is 0 Å². The Labute approximate surface area is 70.8 Å². The molecule has 5 heteroatoms. The van der Waals surface area contributed by atoms with E-state index < -0.39 is 9.84 Å². The number of rotatable bonds is 2. The number of sulfone groups is 1. The maximum absolute atomic E-state index is 10.6. The lowest BCUT2D eigenvalue weighted by Crippen LogP contribution is -1.84. The zero-order valence-electron chi connectivity index (χ0n) is 4.29. The van der Waals surface area contributed by atoms with E-state index in [0.29, 0.717) is 0 Å². The molecule has 0 aliphatic heterocycles. The van der Waals surface area contributed by atoms with E-state index >= 15 is 0 Å². The molecule has 0 aliphatic rings. The summed E-state index contributed by atoms with van der Waals surface area (Å²) in [5.41, 5.74) is 0. The molecule has 0 unspecified atom stereocenters. The Balaban J connectivity index is 4.42. The first-order valence-corrected chi connectivity index (χ1v) is 5.35. The van der Waals surface area contributed by atoms with Gasteiger partial charge in [0.15, 0.2) is 9.84 Å². The van der Waals surface area contributed by atoms with Crippen molar-refractivity contribution in [3.8, 4) is 0 Å². The minimum atomic E-state index is -3.14. The van der Waals surface area contributed by atoms with E-state index in [-0.39, 0.29) is 0 Å². The second kappa shape index (κ2) is 4.24. The number of hydrogen-bond acceptors (Lipinski definition) is 2. The third-order valence-corrected chi connectivity index (χ3v) is 2.74. The van der Waals surface area contributed by atoms with E-state index in [1.54, 1.807) is 0 Å². The fraction of sp³-hybridized carbons (Fsp3) is 0. The maximum atomic E-state index is 10.6. The van der Waals surface area contributed by atoms with Crippen LogP contribution >= 0.6 is 31.9 Å². The van der Waals surface area contributed by atoms with E-state index in [0.717, 1.165) is 10.8 Å². The summed E-state index contributed by atoms with van der Waals surface area (Å²) in [4.78, 5) is 2.57. The number of hydrogen-bond donors (Lipinski definition) is 0. The van der Waals surface area contributed by atoms with Crippen molar-refractivity contribution in [1.29, 1.82) is 0 Å². The third-order valence-electron chi connectivity index (χ3n) is 0.482. The van der Waals surface area contributed by atoms with Gasteiger partial charge >= 0.3 is 0 Å². The SMILES string of the molecule is O=S(=O)(C=CBr)C=CBr. The Hall–Kier alpha value is 0.390. The highest BCUT2D eigenvalue weighted by Crippen LogP contribution is 1.98. The van der Waals surface area contributed by atoms with Gasteiger partial charge in [-0.25, -0.2) is 8.42 Å². The second-order valence-corrected chi connectivity index (χ2v) is 3.89. The summed E-state index contributed by atoms with van der Waals surface area (Å²) in [5.74, 6) is 0. The standard InChI is InChI=1S/C4H4Br2O2S/c5-1-3-9(7,8)4-2-6/h1-4H. The number of halogens is 2. The quantitative estimate of drug-likeness (QED) is 0.774. The molecule has 0 saturated heterocycles. The Bertz CT molecular complexity index is 197. The zero-order valence-corrected chi connectivity index (χ0v) is 8.28. The van der Waals surface area contributed by atoms with Gasteiger partial charge in [-0.1, -0.05) is 31.9 Å². The van der Waals surface area contributed by atoms with Crippen LogP contribution in [0.2, 0.25) is 0 Å². The minimum Gasteiger partial charge on any atom is -0.220 e. The van der Waals surface area contributed by atoms with Gasteiger partial charge < -0.3 is 0 Å². The van der Waals surface area contributed by atoms with E-state index in [2.05, 4.69) is 31.9 Å². The van der Waals surface area contributed by atoms with Crippen LogP contribution in [-0.2, 0) is 9.84 Å². The predicted octanol–water partition coefficient (Wildman–Crippen LogP) is 2.13. The Kier molecular flexibility index (Phi) is 4.43. The molecule has 0 rings (SSSR count). The summed E-state index contributed by atoms with van der Waals surface area (Å²) in [7, 11) is -3.14. The van der Waals surface area contributed by atoms with Crippen LogP contribution < -0.4 is 0 Å². The average Bonchev–Trinajstić information content (AvgIpc) is 1.64. The molecule has 0 atom stereocenters. The van der Waals surface area contributed by atoms with Gasteiger partial charge in [0.05, 0.1) is 0 Å². The predicted molar refractivity (Wildman–Crippen MR) is 45.1 cm³/mol. The second-order valence-electron chi connectivity index (χ2n) is 1.11. The van der Waals surface area contributed by atoms with Crippen molar-refractivity contribution in [3.63, 3.8) is 0 Å². The van der Waals surface area contributed by atoms with Crippen LogP contribution in [0.1, 0.15) is 0 Å². The molecular formula is C4H4Br2O2S. The zero-order chi connectivity index (χ0) is 7.33. The molecule has 0 N–H and O–H groups in total. The van der Waals surface area contributed by atoms with Crippen LogP contribution in [0.25, 0.3) is 0 Å². The fourth-order valence-corrected chi connectivity index (χ4v) is 2.37. The molecule has 0 aromatic carbocycles. The molecule has 0 aromatic heterocycles. The highest BCUT2D eigenvalue weighted by molar-refractivity contribution is 9.11. The van der Waals surface area contributed by atoms with Crippen molar-refractivity contribution in [1.82, 2.24) is 0 Å². The monoisotopic (exact) mass is 274 g/mol. The molecular weight excluding hydrogens is 272 g/mol. The van der Waals surface area contributed by atoms with Gasteiger partial charge in [-0.2, -0.15) is 0 Å². The van der Waals surface area contributed by atoms with Crippen molar-refractivity contribution in [3.05, 3.63) is 20.8 Å². The van der Waals surface area contributed by atoms with Gasteiger partial charge in [-0.15, -0.1) is 0 Å². The summed E-state index contributed by atoms with van der Waals surface area (Å²) in [6.45, 7) is 0. The lowest BCUT2D eigenvalue weighted by atomic mass is 11.2. The van der Waals surface area contributed by atoms with E-state index in [4.69, 9.17) is 0 Å². The Morgan fingerprint density at radius 3 is 1.56 bits per heavy atom. The van der Waals surface area contributed by atoms with Gasteiger partial charge in [0.2, 0.25) is 0 Å². The van der Waals surface area contributed by atoms with Crippen LogP contribution in [0.3, 0.4) is 0 Å². The minimum absolute atomic E-state index is 1.05. The molecule has 0 fully saturated rings. The van der Waals surface area contributed by atoms with Crippen LogP contribution in [-0.4, -0.2) is 8.42 Å². The first-order valence-electron chi connectivity index (χ1n) is 1.91. The summed E-state index contributed by atoms with van der Waals surface area (Å²) >= 11 is 5.69. The highest BCUT2D eigenvalue weighted by atomic mass is 79.9. The fourth-order valence-electron chi connectivity index (χ4n) is 0.189. The molecule has 0 aliphatic carbocycles. The molecule has 0 heterocycles. The molecule has 0 amide bonds. The van der Waals surface area contributed by atoms with E-state index in [1.165, 1.54) is 9.97 Å². The third kappa shape index (κ3) is 4.87. The lowest BCUT2D eigenvalue weighted by molar-refractivity contribution is 0.612. The average molecular weight is 276 g/mol. The van der Waals surface area contributed by atoms with Crippen molar-refractivity contribution in [2.75, 3.05) is 0 Å². The van der Waals surface area contributed by atoms with Crippen LogP contribution in [0.15, 0.2) is 20.8 Å². The van der Waals surface area contributed by atoms with Crippen LogP contribution in [0, 0.1) is 0 Å². The van der Waals surface area contributed by atoms with E-state index in [9.17, 15) is 8.42 Å². The first-order chi connectivity index (χ1) is 4.12. The van der Waals surface area contributed by atoms with Gasteiger partial charge in [-0.3, -0.25) is 0 Å². The van der Waals surface area contributed by atoms with Crippen molar-refractivity contribution in [2.45, 2.75) is 0 Å². The topological polar surface area (TPSA) is 34.1 Å². The normalized spacial score (nSPS) is 13.6. The summed E-state index contributed by atoms with van der Waals surface area (Å²) in [5, 5.41) is 2.09. The molecule has 52 valence electrons. The van der Waals surface area contributed by atoms with Crippen LogP contribution in [0.4, 0.5) is 0 Å². The largest absolute Gasteiger partial charge is 0.220 e. The summed E-state index contributed by atoms with van der Waals surface area (Å²) in [6, 6.07) is 0. The van der Waals surface area contributed by atoms with Gasteiger partial charge in [0, 0.05) is 10.8 Å². The smallest absolute Gasteiger partial charge is 0.194 e. The molecule has 2 nitrogen and oxygen atoms in total. The summed E-state index contributed by atoms with van der Waals surface area (Å²) < 4.78 is 21.2. The van der Waals surface area contributed by atoms with Crippen LogP contribution in [0.5, 0.6) is 0 Å². The molecule has 0 saturated carbocycles. The Morgan fingerprint density at radius 2 is 1.33 bits per heavy atom. The molecule has 0 aromatic rings. The van der Waals surface area contributed by atoms with Crippen molar-refractivity contribution in [2.24, 2.45) is 0 Å². The molecule has 0 spiro atoms. The summed E-state index contributed by atoms with van der Waals surface area (Å²) in [6.07, 6.45) is 0. The lowest BCUT2D eigenvalue weighted by Gasteiger charge is -1.81. The maximum Gasteiger partial charge on any atom is 0.194 e. The first kappa shape index (κ1) is 9.39.